The molecule has 0 amide bonds. The molecule has 6 heteroatoms. The predicted octanol–water partition coefficient (Wildman–Crippen LogP) is 0.930. The number of carboxylic acid groups (broad SMARTS) is 1. The lowest BCUT2D eigenvalue weighted by Gasteiger charge is -2.13. The average molecular weight is 247 g/mol. The first kappa shape index (κ1) is 12.0. The minimum atomic E-state index is -1.15. The van der Waals surface area contributed by atoms with E-state index in [1.54, 1.807) is 12.1 Å². The Morgan fingerprint density at radius 1 is 1.28 bits per heavy atom. The van der Waals surface area contributed by atoms with E-state index in [1.165, 1.54) is 6.20 Å². The van der Waals surface area contributed by atoms with Crippen LogP contribution in [-0.4, -0.2) is 34.7 Å². The van der Waals surface area contributed by atoms with E-state index in [1.807, 2.05) is 31.1 Å². The molecule has 0 aliphatic heterocycles. The summed E-state index contributed by atoms with van der Waals surface area (Å²) in [7, 11) is 3.81. The van der Waals surface area contributed by atoms with Crippen LogP contribution in [0.15, 0.2) is 35.3 Å². The summed E-state index contributed by atoms with van der Waals surface area (Å²) < 4.78 is 1.13. The quantitative estimate of drug-likeness (QED) is 0.845. The number of imidazole rings is 1. The second-order valence-electron chi connectivity index (χ2n) is 4.03. The van der Waals surface area contributed by atoms with E-state index in [0.717, 1.165) is 10.3 Å². The third-order valence-corrected chi connectivity index (χ3v) is 2.62. The lowest BCUT2D eigenvalue weighted by Crippen LogP contribution is -2.19. The minimum absolute atomic E-state index is 0.0856. The molecule has 0 aliphatic rings. The van der Waals surface area contributed by atoms with Crippen LogP contribution in [0.4, 0.5) is 5.69 Å². The Bertz CT molecular complexity index is 623. The molecule has 2 N–H and O–H groups in total. The van der Waals surface area contributed by atoms with Crippen molar-refractivity contribution in [2.45, 2.75) is 0 Å². The van der Waals surface area contributed by atoms with Crippen molar-refractivity contribution in [3.8, 4) is 5.69 Å². The Morgan fingerprint density at radius 3 is 2.39 bits per heavy atom. The average Bonchev–Trinajstić information content (AvgIpc) is 2.71. The molecular formula is C12H13N3O3. The third kappa shape index (κ3) is 2.00. The molecule has 0 spiro atoms. The first-order chi connectivity index (χ1) is 8.50. The maximum absolute atomic E-state index is 11.6. The summed E-state index contributed by atoms with van der Waals surface area (Å²) in [6.07, 6.45) is 1.19. The van der Waals surface area contributed by atoms with Gasteiger partial charge in [0, 0.05) is 26.0 Å². The van der Waals surface area contributed by atoms with E-state index in [4.69, 9.17) is 5.11 Å². The molecule has 0 aliphatic carbocycles. The van der Waals surface area contributed by atoms with Gasteiger partial charge in [-0.1, -0.05) is 0 Å². The van der Waals surface area contributed by atoms with Gasteiger partial charge in [-0.2, -0.15) is 0 Å². The van der Waals surface area contributed by atoms with Gasteiger partial charge in [-0.25, -0.2) is 9.59 Å². The fraction of sp³-hybridized carbons (Fsp3) is 0.167. The molecule has 18 heavy (non-hydrogen) atoms. The van der Waals surface area contributed by atoms with Gasteiger partial charge in [0.25, 0.3) is 0 Å². The molecule has 1 aromatic carbocycles. The molecule has 6 nitrogen and oxygen atoms in total. The molecule has 0 bridgehead atoms. The number of rotatable bonds is 3. The van der Waals surface area contributed by atoms with Crippen LogP contribution < -0.4 is 10.6 Å². The number of carboxylic acids is 1. The fourth-order valence-electron chi connectivity index (χ4n) is 1.68. The maximum atomic E-state index is 11.6. The predicted molar refractivity (Wildman–Crippen MR) is 67.7 cm³/mol. The molecule has 2 rings (SSSR count). The van der Waals surface area contributed by atoms with E-state index in [0.29, 0.717) is 5.69 Å². The van der Waals surface area contributed by atoms with Crippen LogP contribution in [0.1, 0.15) is 10.5 Å². The molecule has 94 valence electrons. The van der Waals surface area contributed by atoms with Gasteiger partial charge in [-0.05, 0) is 24.3 Å². The first-order valence-corrected chi connectivity index (χ1v) is 5.32. The first-order valence-electron chi connectivity index (χ1n) is 5.32. The lowest BCUT2D eigenvalue weighted by molar-refractivity contribution is 0.0688. The van der Waals surface area contributed by atoms with Crippen LogP contribution >= 0.6 is 0 Å². The molecule has 0 saturated carbocycles. The van der Waals surface area contributed by atoms with Crippen LogP contribution in [0, 0.1) is 0 Å². The Balaban J connectivity index is 2.52. The van der Waals surface area contributed by atoms with Crippen molar-refractivity contribution < 1.29 is 9.90 Å². The van der Waals surface area contributed by atoms with E-state index in [2.05, 4.69) is 4.98 Å². The number of carbonyl (C=O) groups is 1. The minimum Gasteiger partial charge on any atom is -0.477 e. The summed E-state index contributed by atoms with van der Waals surface area (Å²) in [6.45, 7) is 0. The van der Waals surface area contributed by atoms with Crippen molar-refractivity contribution in [2.75, 3.05) is 19.0 Å². The smallest absolute Gasteiger partial charge is 0.354 e. The summed E-state index contributed by atoms with van der Waals surface area (Å²) in [5.74, 6) is -1.15. The second kappa shape index (κ2) is 4.40. The van der Waals surface area contributed by atoms with Gasteiger partial charge in [0.2, 0.25) is 0 Å². The molecule has 0 saturated heterocycles. The highest BCUT2D eigenvalue weighted by Gasteiger charge is 2.14. The highest BCUT2D eigenvalue weighted by Crippen LogP contribution is 2.15. The largest absolute Gasteiger partial charge is 0.477 e. The van der Waals surface area contributed by atoms with Gasteiger partial charge < -0.3 is 15.0 Å². The number of aromatic nitrogens is 2. The summed E-state index contributed by atoms with van der Waals surface area (Å²) in [4.78, 5) is 26.9. The topological polar surface area (TPSA) is 78.3 Å². The number of hydrogen-bond donors (Lipinski definition) is 2. The summed E-state index contributed by atoms with van der Waals surface area (Å²) in [6, 6.07) is 7.05. The van der Waals surface area contributed by atoms with Crippen LogP contribution in [0.25, 0.3) is 5.69 Å². The Labute approximate surface area is 103 Å². The maximum Gasteiger partial charge on any atom is 0.354 e. The molecule has 0 radical (unpaired) electrons. The zero-order valence-corrected chi connectivity index (χ0v) is 10.0. The van der Waals surface area contributed by atoms with Crippen molar-refractivity contribution in [3.63, 3.8) is 0 Å². The molecule has 1 heterocycles. The van der Waals surface area contributed by atoms with Crippen LogP contribution in [0.2, 0.25) is 0 Å². The van der Waals surface area contributed by atoms with Gasteiger partial charge in [0.15, 0.2) is 5.69 Å². The monoisotopic (exact) mass is 247 g/mol. The summed E-state index contributed by atoms with van der Waals surface area (Å²) >= 11 is 0. The van der Waals surface area contributed by atoms with E-state index in [9.17, 15) is 9.59 Å². The molecule has 0 unspecified atom stereocenters. The normalized spacial score (nSPS) is 10.3. The van der Waals surface area contributed by atoms with Crippen molar-refractivity contribution in [2.24, 2.45) is 0 Å². The summed E-state index contributed by atoms with van der Waals surface area (Å²) in [5, 5.41) is 9.00. The number of aromatic carboxylic acids is 1. The van der Waals surface area contributed by atoms with Crippen LogP contribution in [0.5, 0.6) is 0 Å². The highest BCUT2D eigenvalue weighted by molar-refractivity contribution is 5.86. The zero-order valence-electron chi connectivity index (χ0n) is 10.0. The molecular weight excluding hydrogens is 234 g/mol. The third-order valence-electron chi connectivity index (χ3n) is 2.62. The highest BCUT2D eigenvalue weighted by atomic mass is 16.4. The number of benzene rings is 1. The SMILES string of the molecule is CN(C)c1ccc(-n2c(C(=O)O)c[nH]c2=O)cc1. The lowest BCUT2D eigenvalue weighted by atomic mass is 10.2. The van der Waals surface area contributed by atoms with E-state index in [-0.39, 0.29) is 5.69 Å². The van der Waals surface area contributed by atoms with Crippen molar-refractivity contribution in [1.82, 2.24) is 9.55 Å². The van der Waals surface area contributed by atoms with E-state index < -0.39 is 11.7 Å². The Morgan fingerprint density at radius 2 is 1.89 bits per heavy atom. The van der Waals surface area contributed by atoms with Gasteiger partial charge in [-0.3, -0.25) is 4.57 Å². The van der Waals surface area contributed by atoms with Gasteiger partial charge >= 0.3 is 11.7 Å². The van der Waals surface area contributed by atoms with Gasteiger partial charge in [-0.15, -0.1) is 0 Å². The Kier molecular flexibility index (Phi) is 2.93. The van der Waals surface area contributed by atoms with Crippen molar-refractivity contribution in [3.05, 3.63) is 46.6 Å². The zero-order chi connectivity index (χ0) is 13.3. The number of aromatic amines is 1. The second-order valence-corrected chi connectivity index (χ2v) is 4.03. The molecule has 1 aromatic heterocycles. The fourth-order valence-corrected chi connectivity index (χ4v) is 1.68. The van der Waals surface area contributed by atoms with Gasteiger partial charge in [0.1, 0.15) is 0 Å². The number of nitrogens with one attached hydrogen (secondary N) is 1. The standard InChI is InChI=1S/C12H13N3O3/c1-14(2)8-3-5-9(6-4-8)15-10(11(16)17)7-13-12(15)18/h3-7H,1-2H3,(H,13,18)(H,16,17). The van der Waals surface area contributed by atoms with Gasteiger partial charge in [0.05, 0.1) is 5.69 Å². The van der Waals surface area contributed by atoms with Crippen LogP contribution in [0.3, 0.4) is 0 Å². The van der Waals surface area contributed by atoms with Crippen LogP contribution in [-0.2, 0) is 0 Å². The molecule has 2 aromatic rings. The molecule has 0 atom stereocenters. The Hall–Kier alpha value is -2.50. The van der Waals surface area contributed by atoms with E-state index >= 15 is 0 Å². The summed E-state index contributed by atoms with van der Waals surface area (Å²) in [5.41, 5.74) is 0.936. The number of nitrogens with zero attached hydrogens (tertiary/aromatic N) is 2. The number of H-pyrrole nitrogens is 1. The number of hydrogen-bond acceptors (Lipinski definition) is 3. The van der Waals surface area contributed by atoms with Crippen molar-refractivity contribution in [1.29, 1.82) is 0 Å². The number of anilines is 1. The van der Waals surface area contributed by atoms with Crippen molar-refractivity contribution >= 4 is 11.7 Å². The molecule has 0 fully saturated rings.